The van der Waals surface area contributed by atoms with Crippen molar-refractivity contribution in [3.63, 3.8) is 0 Å². The van der Waals surface area contributed by atoms with E-state index in [0.29, 0.717) is 43.1 Å². The molecule has 10 nitrogen and oxygen atoms in total. The average molecular weight is 547 g/mol. The molecule has 0 unspecified atom stereocenters. The Morgan fingerprint density at radius 2 is 1.50 bits per heavy atom. The molecule has 1 saturated heterocycles. The summed E-state index contributed by atoms with van der Waals surface area (Å²) in [5.74, 6) is 0.231. The van der Waals surface area contributed by atoms with E-state index in [9.17, 15) is 14.4 Å². The minimum absolute atomic E-state index is 0.210. The lowest BCUT2D eigenvalue weighted by molar-refractivity contribution is 0.0951. The minimum Gasteiger partial charge on any atom is -0.456 e. The van der Waals surface area contributed by atoms with E-state index in [2.05, 4.69) is 56.2 Å². The minimum atomic E-state index is -0.373. The number of furan rings is 1. The van der Waals surface area contributed by atoms with Crippen molar-refractivity contribution in [1.29, 1.82) is 0 Å². The standard InChI is InChI=1S/C30H38N6O4/c1-4-31-30(39)33-15-7-14-32-28(37)23-11-12-26(24(20-23)34-29(38)27-13-10-22(3)40-27)36-18-16-35(17-19-36)25-9-6-5-8-21(25)2/h5-6,8-13,20H,4,7,14-19H2,1-3H3,(H,32,37)(H,34,38)(H2,31,33,39). The lowest BCUT2D eigenvalue weighted by Crippen LogP contribution is -2.47. The highest BCUT2D eigenvalue weighted by atomic mass is 16.3. The summed E-state index contributed by atoms with van der Waals surface area (Å²) in [6, 6.07) is 16.9. The molecule has 0 bridgehead atoms. The molecule has 3 aromatic rings. The van der Waals surface area contributed by atoms with Crippen LogP contribution in [0.15, 0.2) is 59.0 Å². The molecule has 4 amide bonds. The van der Waals surface area contributed by atoms with Gasteiger partial charge in [-0.25, -0.2) is 4.79 Å². The second-order valence-corrected chi connectivity index (χ2v) is 9.75. The predicted octanol–water partition coefficient (Wildman–Crippen LogP) is 3.91. The van der Waals surface area contributed by atoms with Crippen molar-refractivity contribution in [1.82, 2.24) is 16.0 Å². The summed E-state index contributed by atoms with van der Waals surface area (Å²) in [7, 11) is 0. The number of rotatable bonds is 10. The smallest absolute Gasteiger partial charge is 0.314 e. The molecule has 2 heterocycles. The van der Waals surface area contributed by atoms with Crippen LogP contribution in [0.4, 0.5) is 21.9 Å². The Morgan fingerprint density at radius 3 is 2.17 bits per heavy atom. The lowest BCUT2D eigenvalue weighted by atomic mass is 10.1. The van der Waals surface area contributed by atoms with Gasteiger partial charge in [-0.15, -0.1) is 0 Å². The molecule has 0 aliphatic carbocycles. The van der Waals surface area contributed by atoms with E-state index in [1.165, 1.54) is 11.3 Å². The van der Waals surface area contributed by atoms with Crippen LogP contribution in [-0.4, -0.2) is 63.7 Å². The van der Waals surface area contributed by atoms with Gasteiger partial charge < -0.3 is 35.5 Å². The van der Waals surface area contributed by atoms with Crippen LogP contribution in [0.1, 0.15) is 45.6 Å². The Balaban J connectivity index is 1.45. The molecule has 0 atom stereocenters. The number of aryl methyl sites for hydroxylation is 2. The van der Waals surface area contributed by atoms with Crippen molar-refractivity contribution in [3.8, 4) is 0 Å². The number of urea groups is 1. The van der Waals surface area contributed by atoms with Crippen molar-refractivity contribution in [2.45, 2.75) is 27.2 Å². The van der Waals surface area contributed by atoms with E-state index >= 15 is 0 Å². The molecule has 1 aliphatic rings. The maximum atomic E-state index is 13.0. The van der Waals surface area contributed by atoms with Gasteiger partial charge in [-0.05, 0) is 69.2 Å². The van der Waals surface area contributed by atoms with Crippen LogP contribution in [0.25, 0.3) is 0 Å². The topological polar surface area (TPSA) is 119 Å². The fourth-order valence-corrected chi connectivity index (χ4v) is 4.72. The number of hydrogen-bond acceptors (Lipinski definition) is 6. The van der Waals surface area contributed by atoms with E-state index in [1.54, 1.807) is 31.2 Å². The third kappa shape index (κ3) is 7.34. The van der Waals surface area contributed by atoms with Crippen LogP contribution in [0.2, 0.25) is 0 Å². The molecule has 0 spiro atoms. The Kier molecular flexibility index (Phi) is 9.66. The molecule has 0 saturated carbocycles. The molecule has 40 heavy (non-hydrogen) atoms. The summed E-state index contributed by atoms with van der Waals surface area (Å²) < 4.78 is 5.52. The SMILES string of the molecule is CCNC(=O)NCCCNC(=O)c1ccc(N2CCN(c3ccccc3C)CC2)c(NC(=O)c2ccc(C)o2)c1. The van der Waals surface area contributed by atoms with Gasteiger partial charge in [0.1, 0.15) is 5.76 Å². The number of amides is 4. The summed E-state index contributed by atoms with van der Waals surface area (Å²) in [4.78, 5) is 42.0. The maximum Gasteiger partial charge on any atom is 0.314 e. The van der Waals surface area contributed by atoms with Gasteiger partial charge in [-0.3, -0.25) is 9.59 Å². The normalized spacial score (nSPS) is 13.1. The molecule has 0 radical (unpaired) electrons. The number of nitrogens with zero attached hydrogens (tertiary/aromatic N) is 2. The molecular weight excluding hydrogens is 508 g/mol. The first kappa shape index (κ1) is 28.5. The van der Waals surface area contributed by atoms with E-state index in [1.807, 2.05) is 19.1 Å². The summed E-state index contributed by atoms with van der Waals surface area (Å²) in [6.07, 6.45) is 0.591. The number of piperazine rings is 1. The highest BCUT2D eigenvalue weighted by Crippen LogP contribution is 2.30. The van der Waals surface area contributed by atoms with Gasteiger partial charge in [-0.1, -0.05) is 18.2 Å². The zero-order chi connectivity index (χ0) is 28.5. The van der Waals surface area contributed by atoms with Crippen LogP contribution < -0.4 is 31.1 Å². The van der Waals surface area contributed by atoms with Gasteiger partial charge in [0.2, 0.25) is 0 Å². The highest BCUT2D eigenvalue weighted by Gasteiger charge is 2.23. The first-order valence-electron chi connectivity index (χ1n) is 13.7. The molecule has 2 aromatic carbocycles. The Hall–Kier alpha value is -4.47. The second kappa shape index (κ2) is 13.5. The summed E-state index contributed by atoms with van der Waals surface area (Å²) in [6.45, 7) is 10.4. The lowest BCUT2D eigenvalue weighted by Gasteiger charge is -2.38. The van der Waals surface area contributed by atoms with Crippen LogP contribution in [-0.2, 0) is 0 Å². The van der Waals surface area contributed by atoms with Crippen LogP contribution in [0.5, 0.6) is 0 Å². The quantitative estimate of drug-likeness (QED) is 0.286. The molecule has 10 heteroatoms. The number of carbonyl (C=O) groups excluding carboxylic acids is 3. The Morgan fingerprint density at radius 1 is 0.800 bits per heavy atom. The van der Waals surface area contributed by atoms with Crippen LogP contribution in [0, 0.1) is 13.8 Å². The largest absolute Gasteiger partial charge is 0.456 e. The molecule has 212 valence electrons. The number of nitrogens with one attached hydrogen (secondary N) is 4. The van der Waals surface area contributed by atoms with Crippen molar-refractivity contribution < 1.29 is 18.8 Å². The monoisotopic (exact) mass is 546 g/mol. The van der Waals surface area contributed by atoms with Gasteiger partial charge in [0.25, 0.3) is 11.8 Å². The molecule has 4 N–H and O–H groups in total. The van der Waals surface area contributed by atoms with Gasteiger partial charge in [0, 0.05) is 57.1 Å². The van der Waals surface area contributed by atoms with Gasteiger partial charge in [0.05, 0.1) is 11.4 Å². The van der Waals surface area contributed by atoms with Gasteiger partial charge in [0.15, 0.2) is 5.76 Å². The first-order valence-corrected chi connectivity index (χ1v) is 13.7. The zero-order valence-electron chi connectivity index (χ0n) is 23.4. The fourth-order valence-electron chi connectivity index (χ4n) is 4.72. The summed E-state index contributed by atoms with van der Waals surface area (Å²) >= 11 is 0. The highest BCUT2D eigenvalue weighted by molar-refractivity contribution is 6.05. The van der Waals surface area contributed by atoms with E-state index < -0.39 is 0 Å². The number of hydrogen-bond donors (Lipinski definition) is 4. The summed E-state index contributed by atoms with van der Waals surface area (Å²) in [5.41, 5.74) is 4.31. The van der Waals surface area contributed by atoms with Crippen molar-refractivity contribution in [2.24, 2.45) is 0 Å². The van der Waals surface area contributed by atoms with Gasteiger partial charge in [-0.2, -0.15) is 0 Å². The number of benzene rings is 2. The van der Waals surface area contributed by atoms with Crippen molar-refractivity contribution in [3.05, 3.63) is 77.2 Å². The molecule has 1 fully saturated rings. The Labute approximate surface area is 235 Å². The molecule has 1 aromatic heterocycles. The molecular formula is C30H38N6O4. The molecule has 1 aliphatic heterocycles. The van der Waals surface area contributed by atoms with Crippen molar-refractivity contribution >= 4 is 34.9 Å². The molecule has 4 rings (SSSR count). The van der Waals surface area contributed by atoms with Gasteiger partial charge >= 0.3 is 6.03 Å². The van der Waals surface area contributed by atoms with Crippen molar-refractivity contribution in [2.75, 3.05) is 60.9 Å². The number of anilines is 3. The Bertz CT molecular complexity index is 1330. The first-order chi connectivity index (χ1) is 19.4. The third-order valence-corrected chi connectivity index (χ3v) is 6.81. The summed E-state index contributed by atoms with van der Waals surface area (Å²) in [5, 5.41) is 11.3. The number of para-hydroxylation sites is 1. The maximum absolute atomic E-state index is 13.0. The fraction of sp³-hybridized carbons (Fsp3) is 0.367. The predicted molar refractivity (Wildman–Crippen MR) is 157 cm³/mol. The average Bonchev–Trinajstić information content (AvgIpc) is 3.40. The van der Waals surface area contributed by atoms with E-state index in [0.717, 1.165) is 31.9 Å². The second-order valence-electron chi connectivity index (χ2n) is 9.75. The third-order valence-electron chi connectivity index (χ3n) is 6.81. The zero-order valence-corrected chi connectivity index (χ0v) is 23.4. The van der Waals surface area contributed by atoms with Crippen LogP contribution >= 0.6 is 0 Å². The van der Waals surface area contributed by atoms with E-state index in [-0.39, 0.29) is 23.6 Å². The number of carbonyl (C=O) groups is 3. The van der Waals surface area contributed by atoms with E-state index in [4.69, 9.17) is 4.42 Å². The van der Waals surface area contributed by atoms with Crippen LogP contribution in [0.3, 0.4) is 0 Å².